The second kappa shape index (κ2) is 4.06. The van der Waals surface area contributed by atoms with E-state index in [1.54, 1.807) is 11.3 Å². The van der Waals surface area contributed by atoms with Gasteiger partial charge >= 0.3 is 0 Å². The molecule has 0 aliphatic rings. The van der Waals surface area contributed by atoms with E-state index in [0.717, 1.165) is 19.3 Å². The number of hydrogen-bond donors (Lipinski definition) is 1. The lowest BCUT2D eigenvalue weighted by atomic mass is 10.0. The molecular formula is C10H16OS. The molecule has 1 rings (SSSR count). The van der Waals surface area contributed by atoms with Gasteiger partial charge < -0.3 is 5.11 Å². The van der Waals surface area contributed by atoms with E-state index in [-0.39, 0.29) is 0 Å². The highest BCUT2D eigenvalue weighted by molar-refractivity contribution is 7.09. The van der Waals surface area contributed by atoms with Crippen LogP contribution in [0.25, 0.3) is 0 Å². The Morgan fingerprint density at radius 2 is 2.25 bits per heavy atom. The first kappa shape index (κ1) is 9.75. The summed E-state index contributed by atoms with van der Waals surface area (Å²) in [6.07, 6.45) is 3.05. The standard InChI is InChI=1S/C10H16OS/c1-10(2,11)7-3-5-9-6-4-8-12-9/h4,6,8,11H,3,5,7H2,1-2H3. The molecule has 0 unspecified atom stereocenters. The van der Waals surface area contributed by atoms with Crippen molar-refractivity contribution in [2.24, 2.45) is 0 Å². The summed E-state index contributed by atoms with van der Waals surface area (Å²) >= 11 is 1.79. The number of aliphatic hydroxyl groups is 1. The molecule has 12 heavy (non-hydrogen) atoms. The van der Waals surface area contributed by atoms with Gasteiger partial charge in [-0.2, -0.15) is 0 Å². The van der Waals surface area contributed by atoms with E-state index in [9.17, 15) is 5.11 Å². The van der Waals surface area contributed by atoms with Crippen LogP contribution in [0.2, 0.25) is 0 Å². The summed E-state index contributed by atoms with van der Waals surface area (Å²) < 4.78 is 0. The molecule has 0 spiro atoms. The summed E-state index contributed by atoms with van der Waals surface area (Å²) in [5, 5.41) is 11.5. The number of rotatable bonds is 4. The molecule has 1 N–H and O–H groups in total. The van der Waals surface area contributed by atoms with Gasteiger partial charge in [-0.25, -0.2) is 0 Å². The van der Waals surface area contributed by atoms with Crippen LogP contribution in [0.3, 0.4) is 0 Å². The lowest BCUT2D eigenvalue weighted by Crippen LogP contribution is -2.18. The van der Waals surface area contributed by atoms with Gasteiger partial charge in [-0.1, -0.05) is 6.07 Å². The Kier molecular flexibility index (Phi) is 3.29. The largest absolute Gasteiger partial charge is 0.390 e. The highest BCUT2D eigenvalue weighted by atomic mass is 32.1. The van der Waals surface area contributed by atoms with Crippen molar-refractivity contribution in [1.29, 1.82) is 0 Å². The zero-order valence-electron chi connectivity index (χ0n) is 7.71. The van der Waals surface area contributed by atoms with Gasteiger partial charge in [0.05, 0.1) is 5.60 Å². The van der Waals surface area contributed by atoms with E-state index in [1.807, 2.05) is 13.8 Å². The Hall–Kier alpha value is -0.340. The summed E-state index contributed by atoms with van der Waals surface area (Å²) in [6.45, 7) is 3.73. The van der Waals surface area contributed by atoms with Crippen molar-refractivity contribution >= 4 is 11.3 Å². The molecule has 0 aliphatic heterocycles. The number of thiophene rings is 1. The van der Waals surface area contributed by atoms with E-state index < -0.39 is 5.60 Å². The minimum absolute atomic E-state index is 0.503. The maximum Gasteiger partial charge on any atom is 0.0591 e. The Balaban J connectivity index is 2.20. The zero-order valence-corrected chi connectivity index (χ0v) is 8.53. The van der Waals surface area contributed by atoms with E-state index in [2.05, 4.69) is 17.5 Å². The van der Waals surface area contributed by atoms with Crippen LogP contribution in [-0.2, 0) is 6.42 Å². The molecule has 0 saturated carbocycles. The first-order valence-electron chi connectivity index (χ1n) is 4.33. The quantitative estimate of drug-likeness (QED) is 0.763. The molecule has 0 amide bonds. The van der Waals surface area contributed by atoms with Crippen LogP contribution in [0, 0.1) is 0 Å². The normalized spacial score (nSPS) is 11.9. The van der Waals surface area contributed by atoms with E-state index >= 15 is 0 Å². The van der Waals surface area contributed by atoms with Crippen molar-refractivity contribution in [2.45, 2.75) is 38.7 Å². The number of aryl methyl sites for hydroxylation is 1. The minimum Gasteiger partial charge on any atom is -0.390 e. The van der Waals surface area contributed by atoms with Gasteiger partial charge in [0, 0.05) is 4.88 Å². The van der Waals surface area contributed by atoms with Gasteiger partial charge in [0.25, 0.3) is 0 Å². The lowest BCUT2D eigenvalue weighted by molar-refractivity contribution is 0.0690. The average Bonchev–Trinajstić information content (AvgIpc) is 2.36. The highest BCUT2D eigenvalue weighted by Gasteiger charge is 2.11. The third-order valence-corrected chi connectivity index (χ3v) is 2.73. The molecule has 1 aromatic heterocycles. The van der Waals surface area contributed by atoms with Crippen molar-refractivity contribution in [1.82, 2.24) is 0 Å². The molecule has 68 valence electrons. The molecule has 0 fully saturated rings. The molecule has 0 aromatic carbocycles. The van der Waals surface area contributed by atoms with Gasteiger partial charge in [0.1, 0.15) is 0 Å². The number of hydrogen-bond acceptors (Lipinski definition) is 2. The van der Waals surface area contributed by atoms with Crippen LogP contribution in [0.4, 0.5) is 0 Å². The van der Waals surface area contributed by atoms with Crippen molar-refractivity contribution < 1.29 is 5.11 Å². The summed E-state index contributed by atoms with van der Waals surface area (Å²) in [7, 11) is 0. The first-order valence-corrected chi connectivity index (χ1v) is 5.21. The highest BCUT2D eigenvalue weighted by Crippen LogP contribution is 2.16. The van der Waals surface area contributed by atoms with E-state index in [1.165, 1.54) is 4.88 Å². The Morgan fingerprint density at radius 3 is 2.75 bits per heavy atom. The fourth-order valence-corrected chi connectivity index (χ4v) is 1.90. The molecule has 1 aromatic rings. The summed E-state index contributed by atoms with van der Waals surface area (Å²) in [5.74, 6) is 0. The third kappa shape index (κ3) is 3.88. The molecule has 0 aliphatic carbocycles. The second-order valence-electron chi connectivity index (χ2n) is 3.75. The van der Waals surface area contributed by atoms with Crippen LogP contribution in [0.15, 0.2) is 17.5 Å². The first-order chi connectivity index (χ1) is 5.58. The van der Waals surface area contributed by atoms with Crippen molar-refractivity contribution in [3.63, 3.8) is 0 Å². The van der Waals surface area contributed by atoms with Gasteiger partial charge in [-0.15, -0.1) is 11.3 Å². The third-order valence-electron chi connectivity index (χ3n) is 1.79. The summed E-state index contributed by atoms with van der Waals surface area (Å²) in [5.41, 5.74) is -0.503. The van der Waals surface area contributed by atoms with Gasteiger partial charge in [0.15, 0.2) is 0 Å². The molecule has 0 radical (unpaired) electrons. The van der Waals surface area contributed by atoms with Crippen LogP contribution in [0.5, 0.6) is 0 Å². The van der Waals surface area contributed by atoms with E-state index in [0.29, 0.717) is 0 Å². The van der Waals surface area contributed by atoms with Crippen molar-refractivity contribution in [2.75, 3.05) is 0 Å². The molecule has 0 saturated heterocycles. The molecular weight excluding hydrogens is 168 g/mol. The Morgan fingerprint density at radius 1 is 1.50 bits per heavy atom. The molecule has 1 nitrogen and oxygen atoms in total. The maximum absolute atomic E-state index is 9.45. The Labute approximate surface area is 78.1 Å². The van der Waals surface area contributed by atoms with Crippen molar-refractivity contribution in [3.8, 4) is 0 Å². The molecule has 0 atom stereocenters. The maximum atomic E-state index is 9.45. The predicted molar refractivity (Wildman–Crippen MR) is 53.6 cm³/mol. The molecule has 2 heteroatoms. The van der Waals surface area contributed by atoms with Gasteiger partial charge in [-0.05, 0) is 44.6 Å². The predicted octanol–water partition coefficient (Wildman–Crippen LogP) is 2.84. The Bertz CT molecular complexity index is 208. The summed E-state index contributed by atoms with van der Waals surface area (Å²) in [4.78, 5) is 1.42. The second-order valence-corrected chi connectivity index (χ2v) is 4.78. The van der Waals surface area contributed by atoms with Crippen LogP contribution < -0.4 is 0 Å². The smallest absolute Gasteiger partial charge is 0.0591 e. The van der Waals surface area contributed by atoms with Crippen LogP contribution in [-0.4, -0.2) is 10.7 Å². The topological polar surface area (TPSA) is 20.2 Å². The lowest BCUT2D eigenvalue weighted by Gasteiger charge is -2.15. The van der Waals surface area contributed by atoms with Gasteiger partial charge in [0.2, 0.25) is 0 Å². The zero-order chi connectivity index (χ0) is 9.03. The monoisotopic (exact) mass is 184 g/mol. The van der Waals surface area contributed by atoms with Crippen LogP contribution in [0.1, 0.15) is 31.6 Å². The fourth-order valence-electron chi connectivity index (χ4n) is 1.15. The SMILES string of the molecule is CC(C)(O)CCCc1cccs1. The van der Waals surface area contributed by atoms with Gasteiger partial charge in [-0.3, -0.25) is 0 Å². The summed E-state index contributed by atoms with van der Waals surface area (Å²) in [6, 6.07) is 4.22. The van der Waals surface area contributed by atoms with E-state index in [4.69, 9.17) is 0 Å². The fraction of sp³-hybridized carbons (Fsp3) is 0.600. The molecule has 1 heterocycles. The minimum atomic E-state index is -0.503. The van der Waals surface area contributed by atoms with Crippen molar-refractivity contribution in [3.05, 3.63) is 22.4 Å². The average molecular weight is 184 g/mol. The van der Waals surface area contributed by atoms with Crippen LogP contribution >= 0.6 is 11.3 Å². The molecule has 0 bridgehead atoms.